The molecule has 1 aliphatic heterocycles. The van der Waals surface area contributed by atoms with Crippen LogP contribution in [0, 0.1) is 0 Å². The third kappa shape index (κ3) is 5.06. The summed E-state index contributed by atoms with van der Waals surface area (Å²) in [7, 11) is 0. The van der Waals surface area contributed by atoms with Gasteiger partial charge in [-0.15, -0.1) is 0 Å². The van der Waals surface area contributed by atoms with Crippen LogP contribution in [-0.4, -0.2) is 54.7 Å². The quantitative estimate of drug-likeness (QED) is 0.699. The molecule has 31 heavy (non-hydrogen) atoms. The Morgan fingerprint density at radius 3 is 2.58 bits per heavy atom. The highest BCUT2D eigenvalue weighted by atomic mass is 16.5. The molecule has 0 spiro atoms. The molecule has 2 aromatic rings. The van der Waals surface area contributed by atoms with Crippen molar-refractivity contribution in [2.45, 2.75) is 33.7 Å². The van der Waals surface area contributed by atoms with Gasteiger partial charge in [-0.25, -0.2) is 4.90 Å². The molecule has 0 aliphatic carbocycles. The summed E-state index contributed by atoms with van der Waals surface area (Å²) in [6.45, 7) is 8.15. The molecule has 0 fully saturated rings. The maximum absolute atomic E-state index is 13.5. The number of hydrogen-bond donors (Lipinski definition) is 1. The van der Waals surface area contributed by atoms with Gasteiger partial charge in [0.15, 0.2) is 0 Å². The summed E-state index contributed by atoms with van der Waals surface area (Å²) in [6, 6.07) is 10.7. The third-order valence-electron chi connectivity index (χ3n) is 5.29. The molecule has 0 saturated heterocycles. The molecule has 0 bridgehead atoms. The summed E-state index contributed by atoms with van der Waals surface area (Å²) in [4.78, 5) is 29.6. The predicted octanol–water partition coefficient (Wildman–Crippen LogP) is 3.03. The Balaban J connectivity index is 2.00. The number of fused-ring (bicyclic) bond motifs is 1. The van der Waals surface area contributed by atoms with Gasteiger partial charge >= 0.3 is 0 Å². The number of ether oxygens (including phenoxy) is 2. The van der Waals surface area contributed by atoms with Crippen molar-refractivity contribution >= 4 is 17.5 Å². The Bertz CT molecular complexity index is 944. The molecule has 1 N–H and O–H groups in total. The molecule has 0 atom stereocenters. The van der Waals surface area contributed by atoms with E-state index in [0.717, 1.165) is 17.7 Å². The number of hydrogen-bond acceptors (Lipinski definition) is 6. The summed E-state index contributed by atoms with van der Waals surface area (Å²) in [5.74, 6) is 0.222. The number of aliphatic hydroxyl groups excluding tert-OH is 1. The summed E-state index contributed by atoms with van der Waals surface area (Å²) in [6.07, 6.45) is 0.699. The first-order valence-corrected chi connectivity index (χ1v) is 10.7. The van der Waals surface area contributed by atoms with E-state index in [1.807, 2.05) is 32.0 Å². The van der Waals surface area contributed by atoms with Gasteiger partial charge in [-0.2, -0.15) is 0 Å². The van der Waals surface area contributed by atoms with Crippen LogP contribution in [0.4, 0.5) is 5.69 Å². The number of nitrogens with zero attached hydrogens (tertiary/aromatic N) is 2. The lowest BCUT2D eigenvalue weighted by atomic mass is 9.96. The molecule has 1 heterocycles. The normalized spacial score (nSPS) is 13.4. The van der Waals surface area contributed by atoms with Gasteiger partial charge in [0.2, 0.25) is 5.91 Å². The molecule has 7 heteroatoms. The number of imide groups is 1. The highest BCUT2D eigenvalue weighted by Crippen LogP contribution is 2.33. The number of β-amino-alcohol motifs (C(OH)–C–C–N with tert-alkyl or cyclic N) is 1. The Kier molecular flexibility index (Phi) is 7.65. The van der Waals surface area contributed by atoms with Gasteiger partial charge in [-0.05, 0) is 49.6 Å². The number of rotatable bonds is 8. The number of amides is 2. The number of anilines is 1. The number of aliphatic hydroxyl groups is 1. The zero-order chi connectivity index (χ0) is 22.4. The number of benzene rings is 2. The Morgan fingerprint density at radius 2 is 1.90 bits per heavy atom. The van der Waals surface area contributed by atoms with Crippen LogP contribution in [0.2, 0.25) is 0 Å². The van der Waals surface area contributed by atoms with E-state index in [2.05, 4.69) is 4.90 Å². The first kappa shape index (κ1) is 22.8. The predicted molar refractivity (Wildman–Crippen MR) is 119 cm³/mol. The van der Waals surface area contributed by atoms with Gasteiger partial charge < -0.3 is 14.6 Å². The van der Waals surface area contributed by atoms with Crippen molar-refractivity contribution in [1.29, 1.82) is 0 Å². The van der Waals surface area contributed by atoms with Crippen molar-refractivity contribution in [3.63, 3.8) is 0 Å². The van der Waals surface area contributed by atoms with Crippen molar-refractivity contribution in [3.05, 3.63) is 53.1 Å². The molecular weight excluding hydrogens is 396 g/mol. The van der Waals surface area contributed by atoms with Gasteiger partial charge in [0, 0.05) is 32.6 Å². The van der Waals surface area contributed by atoms with Crippen LogP contribution < -0.4 is 14.4 Å². The topological polar surface area (TPSA) is 79.3 Å². The van der Waals surface area contributed by atoms with Crippen LogP contribution in [0.5, 0.6) is 11.5 Å². The highest BCUT2D eigenvalue weighted by molar-refractivity contribution is 6.21. The monoisotopic (exact) mass is 426 g/mol. The average Bonchev–Trinajstić information content (AvgIpc) is 2.74. The maximum atomic E-state index is 13.5. The fourth-order valence-corrected chi connectivity index (χ4v) is 3.94. The summed E-state index contributed by atoms with van der Waals surface area (Å²) >= 11 is 0. The summed E-state index contributed by atoms with van der Waals surface area (Å²) in [5.41, 5.74) is 2.97. The van der Waals surface area contributed by atoms with Crippen LogP contribution >= 0.6 is 0 Å². The second kappa shape index (κ2) is 10.4. The van der Waals surface area contributed by atoms with E-state index < -0.39 is 5.91 Å². The van der Waals surface area contributed by atoms with Gasteiger partial charge in [0.25, 0.3) is 5.91 Å². The third-order valence-corrected chi connectivity index (χ3v) is 5.29. The SMILES string of the molecule is CCOc1ccc(C(=O)N(C(C)=O)c2cccc3c2CCN(CCO)C3)c(OCC)c1. The van der Waals surface area contributed by atoms with Crippen LogP contribution in [0.25, 0.3) is 0 Å². The van der Waals surface area contributed by atoms with Crippen molar-refractivity contribution in [3.8, 4) is 11.5 Å². The lowest BCUT2D eigenvalue weighted by molar-refractivity contribution is -0.115. The minimum atomic E-state index is -0.426. The highest BCUT2D eigenvalue weighted by Gasteiger charge is 2.29. The maximum Gasteiger partial charge on any atom is 0.268 e. The molecule has 166 valence electrons. The lowest BCUT2D eigenvalue weighted by Crippen LogP contribution is -2.38. The number of carbonyl (C=O) groups excluding carboxylic acids is 2. The molecule has 0 unspecified atom stereocenters. The first-order chi connectivity index (χ1) is 15.0. The molecular formula is C24H30N2O5. The fourth-order valence-electron chi connectivity index (χ4n) is 3.94. The molecule has 0 radical (unpaired) electrons. The Labute approximate surface area is 183 Å². The molecule has 0 saturated carbocycles. The van der Waals surface area contributed by atoms with Crippen LogP contribution in [0.15, 0.2) is 36.4 Å². The van der Waals surface area contributed by atoms with E-state index in [1.54, 1.807) is 18.2 Å². The molecule has 1 aliphatic rings. The standard InChI is InChI=1S/C24H30N2O5/c1-4-30-19-9-10-21(23(15-19)31-5-2)24(29)26(17(3)28)22-8-6-7-18-16-25(13-14-27)12-11-20(18)22/h6-10,15,27H,4-5,11-14,16H2,1-3H3. The lowest BCUT2D eigenvalue weighted by Gasteiger charge is -2.31. The van der Waals surface area contributed by atoms with Crippen LogP contribution in [0.3, 0.4) is 0 Å². The van der Waals surface area contributed by atoms with E-state index in [0.29, 0.717) is 55.5 Å². The largest absolute Gasteiger partial charge is 0.494 e. The minimum Gasteiger partial charge on any atom is -0.494 e. The van der Waals surface area contributed by atoms with E-state index >= 15 is 0 Å². The van der Waals surface area contributed by atoms with Gasteiger partial charge in [-0.1, -0.05) is 12.1 Å². The summed E-state index contributed by atoms with van der Waals surface area (Å²) in [5, 5.41) is 9.24. The molecule has 0 aromatic heterocycles. The smallest absolute Gasteiger partial charge is 0.268 e. The van der Waals surface area contributed by atoms with Gasteiger partial charge in [0.1, 0.15) is 11.5 Å². The summed E-state index contributed by atoms with van der Waals surface area (Å²) < 4.78 is 11.2. The second-order valence-electron chi connectivity index (χ2n) is 7.35. The Morgan fingerprint density at radius 1 is 1.13 bits per heavy atom. The average molecular weight is 427 g/mol. The first-order valence-electron chi connectivity index (χ1n) is 10.7. The molecule has 7 nitrogen and oxygen atoms in total. The zero-order valence-corrected chi connectivity index (χ0v) is 18.4. The molecule has 3 rings (SSSR count). The second-order valence-corrected chi connectivity index (χ2v) is 7.35. The van der Waals surface area contributed by atoms with Crippen molar-refractivity contribution in [1.82, 2.24) is 4.90 Å². The van der Waals surface area contributed by atoms with Crippen molar-refractivity contribution in [2.24, 2.45) is 0 Å². The van der Waals surface area contributed by atoms with Gasteiger partial charge in [-0.3, -0.25) is 14.5 Å². The zero-order valence-electron chi connectivity index (χ0n) is 18.4. The van der Waals surface area contributed by atoms with E-state index in [4.69, 9.17) is 9.47 Å². The van der Waals surface area contributed by atoms with E-state index in [9.17, 15) is 14.7 Å². The Hall–Kier alpha value is -2.90. The van der Waals surface area contributed by atoms with Crippen LogP contribution in [0.1, 0.15) is 42.3 Å². The van der Waals surface area contributed by atoms with E-state index in [1.165, 1.54) is 11.8 Å². The number of carbonyl (C=O) groups is 2. The van der Waals surface area contributed by atoms with Gasteiger partial charge in [0.05, 0.1) is 31.1 Å². The fraction of sp³-hybridized carbons (Fsp3) is 0.417. The molecule has 2 aromatic carbocycles. The van der Waals surface area contributed by atoms with Crippen molar-refractivity contribution < 1.29 is 24.2 Å². The molecule has 2 amide bonds. The van der Waals surface area contributed by atoms with E-state index in [-0.39, 0.29) is 12.5 Å². The minimum absolute atomic E-state index is 0.102. The van der Waals surface area contributed by atoms with Crippen molar-refractivity contribution in [2.75, 3.05) is 37.8 Å². The van der Waals surface area contributed by atoms with Crippen LogP contribution in [-0.2, 0) is 17.8 Å².